The summed E-state index contributed by atoms with van der Waals surface area (Å²) in [5.74, 6) is -0.486. The molecule has 1 heterocycles. The summed E-state index contributed by atoms with van der Waals surface area (Å²) in [4.78, 5) is 15.6. The summed E-state index contributed by atoms with van der Waals surface area (Å²) >= 11 is 0. The van der Waals surface area contributed by atoms with Crippen molar-refractivity contribution in [2.24, 2.45) is 0 Å². The molecule has 0 aromatic heterocycles. The number of hydrogen-bond acceptors (Lipinski definition) is 5. The minimum atomic E-state index is -4.01. The maximum atomic E-state index is 13.1. The first-order chi connectivity index (χ1) is 13.8. The first kappa shape index (κ1) is 19.0. The van der Waals surface area contributed by atoms with E-state index in [0.717, 1.165) is 10.6 Å². The summed E-state index contributed by atoms with van der Waals surface area (Å²) < 4.78 is 25.9. The van der Waals surface area contributed by atoms with Gasteiger partial charge in [0.25, 0.3) is 15.9 Å². The Kier molecular flexibility index (Phi) is 4.73. The van der Waals surface area contributed by atoms with E-state index < -0.39 is 22.1 Å². The molecule has 7 nitrogen and oxygen atoms in total. The van der Waals surface area contributed by atoms with Gasteiger partial charge in [-0.1, -0.05) is 42.0 Å². The monoisotopic (exact) mass is 409 g/mol. The predicted molar refractivity (Wildman–Crippen MR) is 109 cm³/mol. The average Bonchev–Trinajstić information content (AvgIpc) is 2.70. The molecule has 3 N–H and O–H groups in total. The van der Waals surface area contributed by atoms with E-state index in [1.165, 1.54) is 24.3 Å². The molecular formula is C21H19N3O4S. The molecule has 0 aliphatic carbocycles. The van der Waals surface area contributed by atoms with Gasteiger partial charge in [-0.3, -0.25) is 4.79 Å². The van der Waals surface area contributed by atoms with E-state index >= 15 is 0 Å². The highest BCUT2D eigenvalue weighted by atomic mass is 32.2. The summed E-state index contributed by atoms with van der Waals surface area (Å²) in [6.07, 6.45) is -0.843. The second-order valence-electron chi connectivity index (χ2n) is 6.77. The zero-order valence-electron chi connectivity index (χ0n) is 15.5. The van der Waals surface area contributed by atoms with Crippen LogP contribution in [0.15, 0.2) is 77.7 Å². The number of aromatic hydroxyl groups is 1. The van der Waals surface area contributed by atoms with E-state index in [9.17, 15) is 18.3 Å². The number of fused-ring (bicyclic) bond motifs is 1. The number of phenols is 1. The number of phenolic OH excluding ortho intramolecular Hbond substituents is 1. The van der Waals surface area contributed by atoms with Crippen molar-refractivity contribution < 1.29 is 18.3 Å². The Balaban J connectivity index is 1.77. The van der Waals surface area contributed by atoms with Crippen LogP contribution in [-0.2, 0) is 10.0 Å². The molecule has 0 unspecified atom stereocenters. The third-order valence-electron chi connectivity index (χ3n) is 4.66. The van der Waals surface area contributed by atoms with Gasteiger partial charge in [0.1, 0.15) is 11.9 Å². The van der Waals surface area contributed by atoms with Crippen LogP contribution in [0.4, 0.5) is 5.69 Å². The van der Waals surface area contributed by atoms with Crippen molar-refractivity contribution >= 4 is 21.6 Å². The SMILES string of the molecule is Cc1ccc(S(=O)(=O)NN2C(=O)c3ccccc3N[C@@H]2c2cccc(O)c2)cc1. The van der Waals surface area contributed by atoms with Crippen molar-refractivity contribution in [3.8, 4) is 5.75 Å². The Bertz CT molecular complexity index is 1180. The third-order valence-corrected chi connectivity index (χ3v) is 5.99. The first-order valence-corrected chi connectivity index (χ1v) is 10.4. The number of aryl methyl sites for hydroxylation is 1. The zero-order valence-corrected chi connectivity index (χ0v) is 16.3. The summed E-state index contributed by atoms with van der Waals surface area (Å²) in [5.41, 5.74) is 2.37. The fourth-order valence-corrected chi connectivity index (χ4v) is 4.22. The van der Waals surface area contributed by atoms with Crippen molar-refractivity contribution in [1.82, 2.24) is 9.84 Å². The number of hydrogen-bond donors (Lipinski definition) is 3. The van der Waals surface area contributed by atoms with Gasteiger partial charge in [-0.15, -0.1) is 4.83 Å². The summed E-state index contributed by atoms with van der Waals surface area (Å²) in [6, 6.07) is 19.5. The van der Waals surface area contributed by atoms with E-state index in [-0.39, 0.29) is 10.6 Å². The number of sulfonamides is 1. The van der Waals surface area contributed by atoms with Crippen LogP contribution in [0.5, 0.6) is 5.75 Å². The van der Waals surface area contributed by atoms with Crippen molar-refractivity contribution in [3.63, 3.8) is 0 Å². The van der Waals surface area contributed by atoms with Crippen LogP contribution in [-0.4, -0.2) is 24.4 Å². The molecule has 8 heteroatoms. The van der Waals surface area contributed by atoms with Gasteiger partial charge < -0.3 is 10.4 Å². The lowest BCUT2D eigenvalue weighted by molar-refractivity contribution is 0.0632. The molecule has 0 fully saturated rings. The number of carbonyl (C=O) groups excluding carboxylic acids is 1. The van der Waals surface area contributed by atoms with Gasteiger partial charge in [-0.25, -0.2) is 13.4 Å². The van der Waals surface area contributed by atoms with Gasteiger partial charge in [0, 0.05) is 5.69 Å². The standard InChI is InChI=1S/C21H19N3O4S/c1-14-9-11-17(12-10-14)29(27,28)23-24-20(15-5-4-6-16(25)13-15)22-19-8-3-2-7-18(19)21(24)26/h2-13,20,22-23,25H,1H3/t20-/m0/s1. The van der Waals surface area contributed by atoms with Crippen LogP contribution < -0.4 is 10.1 Å². The Morgan fingerprint density at radius 2 is 1.72 bits per heavy atom. The molecule has 0 radical (unpaired) electrons. The molecule has 29 heavy (non-hydrogen) atoms. The molecule has 3 aromatic carbocycles. The van der Waals surface area contributed by atoms with Crippen LogP contribution in [0.25, 0.3) is 0 Å². The van der Waals surface area contributed by atoms with E-state index in [1.807, 2.05) is 6.92 Å². The minimum Gasteiger partial charge on any atom is -0.508 e. The maximum Gasteiger partial charge on any atom is 0.273 e. The lowest BCUT2D eigenvalue weighted by atomic mass is 10.0. The van der Waals surface area contributed by atoms with Gasteiger partial charge in [0.15, 0.2) is 0 Å². The number of hydrazine groups is 1. The molecule has 4 rings (SSSR count). The van der Waals surface area contributed by atoms with Gasteiger partial charge in [-0.2, -0.15) is 0 Å². The number of para-hydroxylation sites is 1. The molecule has 3 aromatic rings. The molecule has 1 amide bonds. The smallest absolute Gasteiger partial charge is 0.273 e. The predicted octanol–water partition coefficient (Wildman–Crippen LogP) is 3.16. The maximum absolute atomic E-state index is 13.1. The van der Waals surface area contributed by atoms with Crippen molar-refractivity contribution in [3.05, 3.63) is 89.5 Å². The fourth-order valence-electron chi connectivity index (χ4n) is 3.18. The van der Waals surface area contributed by atoms with Crippen molar-refractivity contribution in [2.45, 2.75) is 18.0 Å². The summed E-state index contributed by atoms with van der Waals surface area (Å²) in [6.45, 7) is 1.86. The molecule has 0 spiro atoms. The van der Waals surface area contributed by atoms with Crippen LogP contribution in [0.3, 0.4) is 0 Å². The van der Waals surface area contributed by atoms with E-state index in [4.69, 9.17) is 0 Å². The van der Waals surface area contributed by atoms with Gasteiger partial charge in [0.05, 0.1) is 10.5 Å². The topological polar surface area (TPSA) is 98.7 Å². The lowest BCUT2D eigenvalue weighted by Gasteiger charge is -2.37. The number of nitrogens with zero attached hydrogens (tertiary/aromatic N) is 1. The number of amides is 1. The number of benzene rings is 3. The van der Waals surface area contributed by atoms with E-state index in [1.54, 1.807) is 48.5 Å². The quantitative estimate of drug-likeness (QED) is 0.615. The Morgan fingerprint density at radius 1 is 1.00 bits per heavy atom. The molecule has 1 aliphatic heterocycles. The highest BCUT2D eigenvalue weighted by Crippen LogP contribution is 2.33. The molecule has 1 aliphatic rings. The van der Waals surface area contributed by atoms with Gasteiger partial charge in [-0.05, 0) is 48.9 Å². The van der Waals surface area contributed by atoms with Crippen LogP contribution in [0.1, 0.15) is 27.7 Å². The Labute approximate surface area is 168 Å². The Morgan fingerprint density at radius 3 is 2.45 bits per heavy atom. The van der Waals surface area contributed by atoms with Crippen LogP contribution in [0, 0.1) is 6.92 Å². The number of anilines is 1. The molecular weight excluding hydrogens is 390 g/mol. The van der Waals surface area contributed by atoms with Crippen molar-refractivity contribution in [1.29, 1.82) is 0 Å². The van der Waals surface area contributed by atoms with Crippen LogP contribution in [0.2, 0.25) is 0 Å². The number of carbonyl (C=O) groups is 1. The number of nitrogens with one attached hydrogen (secondary N) is 2. The molecule has 148 valence electrons. The summed E-state index contributed by atoms with van der Waals surface area (Å²) in [7, 11) is -4.01. The van der Waals surface area contributed by atoms with E-state index in [2.05, 4.69) is 10.1 Å². The Hall–Kier alpha value is -3.36. The van der Waals surface area contributed by atoms with E-state index in [0.29, 0.717) is 16.8 Å². The normalized spacial score (nSPS) is 16.2. The molecule has 0 saturated heterocycles. The third kappa shape index (κ3) is 3.67. The minimum absolute atomic E-state index is 0.0111. The van der Waals surface area contributed by atoms with Gasteiger partial charge >= 0.3 is 0 Å². The second kappa shape index (κ2) is 7.23. The van der Waals surface area contributed by atoms with Gasteiger partial charge in [0.2, 0.25) is 0 Å². The number of rotatable bonds is 4. The van der Waals surface area contributed by atoms with Crippen LogP contribution >= 0.6 is 0 Å². The lowest BCUT2D eigenvalue weighted by Crippen LogP contribution is -2.52. The highest BCUT2D eigenvalue weighted by molar-refractivity contribution is 7.89. The largest absolute Gasteiger partial charge is 0.508 e. The fraction of sp³-hybridized carbons (Fsp3) is 0.0952. The van der Waals surface area contributed by atoms with Crippen molar-refractivity contribution in [2.75, 3.05) is 5.32 Å². The molecule has 0 saturated carbocycles. The first-order valence-electron chi connectivity index (χ1n) is 8.92. The zero-order chi connectivity index (χ0) is 20.6. The molecule has 0 bridgehead atoms. The molecule has 1 atom stereocenters. The summed E-state index contributed by atoms with van der Waals surface area (Å²) in [5, 5.41) is 14.1. The second-order valence-corrected chi connectivity index (χ2v) is 8.43. The highest BCUT2D eigenvalue weighted by Gasteiger charge is 2.36. The average molecular weight is 409 g/mol.